The fourth-order valence-corrected chi connectivity index (χ4v) is 1.80. The number of hydrogen-bond donors (Lipinski definition) is 0. The molecule has 0 saturated carbocycles. The Hall–Kier alpha value is -0.570. The van der Waals surface area contributed by atoms with Gasteiger partial charge >= 0.3 is 0 Å². The van der Waals surface area contributed by atoms with Crippen LogP contribution in [0.1, 0.15) is 32.6 Å². The third-order valence-electron chi connectivity index (χ3n) is 2.87. The summed E-state index contributed by atoms with van der Waals surface area (Å²) in [5.74, 6) is 0.773. The second kappa shape index (κ2) is 6.82. The zero-order valence-corrected chi connectivity index (χ0v) is 9.08. The Morgan fingerprint density at radius 2 is 2.14 bits per heavy atom. The lowest BCUT2D eigenvalue weighted by Gasteiger charge is -2.06. The molecule has 3 nitrogen and oxygen atoms in total. The van der Waals surface area contributed by atoms with Crippen molar-refractivity contribution in [3.05, 3.63) is 0 Å². The first-order valence-electron chi connectivity index (χ1n) is 5.64. The summed E-state index contributed by atoms with van der Waals surface area (Å²) in [6, 6.07) is 0. The highest BCUT2D eigenvalue weighted by molar-refractivity contribution is 5.47. The largest absolute Gasteiger partial charge is 0.381 e. The SMILES string of the molecule is C1CCOC1.CCC1CCN(C=O)C1. The van der Waals surface area contributed by atoms with Crippen LogP contribution >= 0.6 is 0 Å². The molecule has 14 heavy (non-hydrogen) atoms. The number of hydrogen-bond acceptors (Lipinski definition) is 2. The summed E-state index contributed by atoms with van der Waals surface area (Å²) in [6.45, 7) is 6.14. The summed E-state index contributed by atoms with van der Waals surface area (Å²) >= 11 is 0. The van der Waals surface area contributed by atoms with Gasteiger partial charge in [0.25, 0.3) is 0 Å². The molecule has 1 unspecified atom stereocenters. The first-order chi connectivity index (χ1) is 6.86. The van der Waals surface area contributed by atoms with Crippen LogP contribution in [0.25, 0.3) is 0 Å². The highest BCUT2D eigenvalue weighted by atomic mass is 16.5. The Labute approximate surface area is 86.4 Å². The molecule has 0 bridgehead atoms. The van der Waals surface area contributed by atoms with Gasteiger partial charge in [0, 0.05) is 26.3 Å². The van der Waals surface area contributed by atoms with Crippen LogP contribution in [0.2, 0.25) is 0 Å². The van der Waals surface area contributed by atoms with Crippen LogP contribution < -0.4 is 0 Å². The minimum atomic E-state index is 0.773. The van der Waals surface area contributed by atoms with E-state index < -0.39 is 0 Å². The quantitative estimate of drug-likeness (QED) is 0.633. The van der Waals surface area contributed by atoms with Crippen molar-refractivity contribution >= 4 is 6.41 Å². The number of amides is 1. The summed E-state index contributed by atoms with van der Waals surface area (Å²) in [5.41, 5.74) is 0. The molecule has 0 N–H and O–H groups in total. The number of carbonyl (C=O) groups is 1. The summed E-state index contributed by atoms with van der Waals surface area (Å²) in [5, 5.41) is 0. The van der Waals surface area contributed by atoms with Gasteiger partial charge in [0.1, 0.15) is 0 Å². The average Bonchev–Trinajstić information content (AvgIpc) is 2.92. The van der Waals surface area contributed by atoms with E-state index in [1.54, 1.807) is 0 Å². The number of ether oxygens (including phenoxy) is 1. The van der Waals surface area contributed by atoms with E-state index in [2.05, 4.69) is 6.92 Å². The maximum Gasteiger partial charge on any atom is 0.209 e. The minimum absolute atomic E-state index is 0.773. The van der Waals surface area contributed by atoms with Crippen molar-refractivity contribution < 1.29 is 9.53 Å². The molecule has 0 aromatic heterocycles. The topological polar surface area (TPSA) is 29.5 Å². The standard InChI is InChI=1S/C7H13NO.C4H8O/c1-2-7-3-4-8(5-7)6-9;1-2-4-5-3-1/h6-7H,2-5H2,1H3;1-4H2. The van der Waals surface area contributed by atoms with Crippen molar-refractivity contribution in [3.63, 3.8) is 0 Å². The van der Waals surface area contributed by atoms with E-state index in [9.17, 15) is 4.79 Å². The Morgan fingerprint density at radius 1 is 1.43 bits per heavy atom. The van der Waals surface area contributed by atoms with Crippen LogP contribution in [0.4, 0.5) is 0 Å². The lowest BCUT2D eigenvalue weighted by atomic mass is 10.1. The number of carbonyl (C=O) groups excluding carboxylic acids is 1. The van der Waals surface area contributed by atoms with E-state index in [1.165, 1.54) is 25.7 Å². The Bertz CT molecular complexity index is 150. The predicted molar refractivity (Wildman–Crippen MR) is 56.1 cm³/mol. The zero-order chi connectivity index (χ0) is 10.2. The van der Waals surface area contributed by atoms with E-state index in [1.807, 2.05) is 4.90 Å². The van der Waals surface area contributed by atoms with Crippen LogP contribution in [-0.2, 0) is 9.53 Å². The minimum Gasteiger partial charge on any atom is -0.381 e. The van der Waals surface area contributed by atoms with Gasteiger partial charge < -0.3 is 9.64 Å². The highest BCUT2D eigenvalue weighted by Gasteiger charge is 2.18. The van der Waals surface area contributed by atoms with Crippen molar-refractivity contribution in [1.29, 1.82) is 0 Å². The molecular formula is C11H21NO2. The lowest BCUT2D eigenvalue weighted by molar-refractivity contribution is -0.117. The molecule has 3 heteroatoms. The zero-order valence-electron chi connectivity index (χ0n) is 9.08. The van der Waals surface area contributed by atoms with Gasteiger partial charge in [0.2, 0.25) is 6.41 Å². The maximum atomic E-state index is 10.2. The van der Waals surface area contributed by atoms with Crippen LogP contribution in [0.5, 0.6) is 0 Å². The number of nitrogens with zero attached hydrogens (tertiary/aromatic N) is 1. The van der Waals surface area contributed by atoms with E-state index in [0.717, 1.165) is 38.6 Å². The molecule has 2 aliphatic rings. The van der Waals surface area contributed by atoms with Crippen molar-refractivity contribution in [2.45, 2.75) is 32.6 Å². The first-order valence-corrected chi connectivity index (χ1v) is 5.64. The van der Waals surface area contributed by atoms with E-state index >= 15 is 0 Å². The molecule has 0 radical (unpaired) electrons. The average molecular weight is 199 g/mol. The fourth-order valence-electron chi connectivity index (χ4n) is 1.80. The summed E-state index contributed by atoms with van der Waals surface area (Å²) < 4.78 is 4.94. The summed E-state index contributed by atoms with van der Waals surface area (Å²) in [7, 11) is 0. The van der Waals surface area contributed by atoms with Crippen molar-refractivity contribution in [3.8, 4) is 0 Å². The van der Waals surface area contributed by atoms with Crippen molar-refractivity contribution in [2.75, 3.05) is 26.3 Å². The second-order valence-corrected chi connectivity index (χ2v) is 3.98. The van der Waals surface area contributed by atoms with E-state index in [-0.39, 0.29) is 0 Å². The summed E-state index contributed by atoms with van der Waals surface area (Å²) in [6.07, 6.45) is 5.93. The van der Waals surface area contributed by atoms with E-state index in [0.29, 0.717) is 0 Å². The molecule has 1 amide bonds. The van der Waals surface area contributed by atoms with Crippen molar-refractivity contribution in [2.24, 2.45) is 5.92 Å². The molecule has 2 rings (SSSR count). The monoisotopic (exact) mass is 199 g/mol. The van der Waals surface area contributed by atoms with Crippen molar-refractivity contribution in [1.82, 2.24) is 4.90 Å². The summed E-state index contributed by atoms with van der Waals surface area (Å²) in [4.78, 5) is 12.0. The first kappa shape index (κ1) is 11.5. The highest BCUT2D eigenvalue weighted by Crippen LogP contribution is 2.16. The van der Waals surface area contributed by atoms with Gasteiger partial charge in [-0.15, -0.1) is 0 Å². The van der Waals surface area contributed by atoms with Crippen LogP contribution in [0.3, 0.4) is 0 Å². The Balaban J connectivity index is 0.000000165. The molecule has 0 spiro atoms. The second-order valence-electron chi connectivity index (χ2n) is 3.98. The molecule has 0 aromatic rings. The van der Waals surface area contributed by atoms with Gasteiger partial charge in [0.15, 0.2) is 0 Å². The molecular weight excluding hydrogens is 178 g/mol. The van der Waals surface area contributed by atoms with Gasteiger partial charge in [-0.1, -0.05) is 13.3 Å². The Morgan fingerprint density at radius 3 is 2.43 bits per heavy atom. The number of rotatable bonds is 2. The Kier molecular flexibility index (Phi) is 5.60. The smallest absolute Gasteiger partial charge is 0.209 e. The van der Waals surface area contributed by atoms with Gasteiger partial charge in [-0.05, 0) is 25.2 Å². The van der Waals surface area contributed by atoms with E-state index in [4.69, 9.17) is 4.74 Å². The third-order valence-corrected chi connectivity index (χ3v) is 2.87. The third kappa shape index (κ3) is 4.09. The molecule has 2 heterocycles. The predicted octanol–water partition coefficient (Wildman–Crippen LogP) is 1.67. The van der Waals surface area contributed by atoms with Gasteiger partial charge in [-0.25, -0.2) is 0 Å². The molecule has 0 aromatic carbocycles. The van der Waals surface area contributed by atoms with Gasteiger partial charge in [0.05, 0.1) is 0 Å². The maximum absolute atomic E-state index is 10.2. The fraction of sp³-hybridized carbons (Fsp3) is 0.909. The number of likely N-dealkylation sites (tertiary alicyclic amines) is 1. The normalized spacial score (nSPS) is 25.8. The molecule has 1 atom stereocenters. The molecule has 2 aliphatic heterocycles. The van der Waals surface area contributed by atoms with Crippen LogP contribution in [0.15, 0.2) is 0 Å². The lowest BCUT2D eigenvalue weighted by Crippen LogP contribution is -2.17. The molecule has 2 saturated heterocycles. The van der Waals surface area contributed by atoms with Crippen LogP contribution in [-0.4, -0.2) is 37.6 Å². The van der Waals surface area contributed by atoms with Gasteiger partial charge in [-0.2, -0.15) is 0 Å². The van der Waals surface area contributed by atoms with Gasteiger partial charge in [-0.3, -0.25) is 4.79 Å². The molecule has 2 fully saturated rings. The molecule has 0 aliphatic carbocycles. The van der Waals surface area contributed by atoms with Crippen LogP contribution in [0, 0.1) is 5.92 Å². The molecule has 82 valence electrons.